The maximum Gasteiger partial charge on any atom is 1.00 e. The summed E-state index contributed by atoms with van der Waals surface area (Å²) in [5, 5.41) is 23.3. The summed E-state index contributed by atoms with van der Waals surface area (Å²) in [6, 6.07) is 4.40. The second-order valence-electron chi connectivity index (χ2n) is 5.97. The van der Waals surface area contributed by atoms with Gasteiger partial charge in [-0.3, -0.25) is 4.79 Å². The van der Waals surface area contributed by atoms with Crippen molar-refractivity contribution in [3.05, 3.63) is 18.2 Å². The molecule has 1 amide bonds. The molecule has 1 aromatic rings. The van der Waals surface area contributed by atoms with Crippen LogP contribution in [-0.2, 0) is 9.59 Å². The Morgan fingerprint density at radius 3 is 2.55 bits per heavy atom. The quantitative estimate of drug-likeness (QED) is 0.483. The summed E-state index contributed by atoms with van der Waals surface area (Å²) in [5.41, 5.74) is 0.00414. The third kappa shape index (κ3) is 3.56. The molecule has 0 aliphatic heterocycles. The number of nitrogens with one attached hydrogen (secondary N) is 1. The summed E-state index contributed by atoms with van der Waals surface area (Å²) in [6.45, 7) is 3.61. The third-order valence-electron chi connectivity index (χ3n) is 4.03. The topological polar surface area (TPSA) is 98.7 Å². The van der Waals surface area contributed by atoms with E-state index in [0.717, 1.165) is 0 Å². The number of hydrogen-bond donors (Lipinski definition) is 2. The minimum Gasteiger partial charge on any atom is -0.550 e. The summed E-state index contributed by atoms with van der Waals surface area (Å²) in [6.07, 6.45) is 0.493. The predicted octanol–water partition coefficient (Wildman–Crippen LogP) is -2.24. The van der Waals surface area contributed by atoms with E-state index in [-0.39, 0.29) is 47.0 Å². The van der Waals surface area contributed by atoms with Crippen molar-refractivity contribution in [2.45, 2.75) is 20.3 Å². The van der Waals surface area contributed by atoms with Crippen LogP contribution in [0.4, 0.5) is 5.69 Å². The van der Waals surface area contributed by atoms with Gasteiger partial charge >= 0.3 is 29.6 Å². The molecule has 2 atom stereocenters. The molecule has 1 saturated carbocycles. The number of benzene rings is 1. The number of aromatic hydroxyl groups is 1. The van der Waals surface area contributed by atoms with Gasteiger partial charge < -0.3 is 25.1 Å². The van der Waals surface area contributed by atoms with Gasteiger partial charge in [-0.2, -0.15) is 0 Å². The normalized spacial score (nSPS) is 22.0. The number of phenolic OH excluding ortho intramolecular Hbond substituents is 1. The molecule has 0 bridgehead atoms. The standard InChI is InChI=1S/C15H19NO5.Na/c1-15(2)7-9(12(15)14(19)20)13(18)16-8-4-5-10(17)11(6-8)21-3;/h4-6,9,12,17H,7H2,1-3H3,(H,16,18)(H,19,20);/q;+1/p-1/t9-,12+;/m1./s1. The smallest absolute Gasteiger partial charge is 0.550 e. The first-order valence-corrected chi connectivity index (χ1v) is 6.65. The molecule has 6 nitrogen and oxygen atoms in total. The van der Waals surface area contributed by atoms with E-state index in [2.05, 4.69) is 5.32 Å². The van der Waals surface area contributed by atoms with Crippen LogP contribution in [0.15, 0.2) is 18.2 Å². The van der Waals surface area contributed by atoms with E-state index in [0.29, 0.717) is 12.1 Å². The number of hydrogen-bond acceptors (Lipinski definition) is 5. The van der Waals surface area contributed by atoms with Gasteiger partial charge in [0.15, 0.2) is 11.5 Å². The third-order valence-corrected chi connectivity index (χ3v) is 4.03. The minimum absolute atomic E-state index is 0. The summed E-state index contributed by atoms with van der Waals surface area (Å²) < 4.78 is 4.96. The number of amides is 1. The largest absolute Gasteiger partial charge is 1.00 e. The van der Waals surface area contributed by atoms with Crippen molar-refractivity contribution in [3.63, 3.8) is 0 Å². The first-order valence-electron chi connectivity index (χ1n) is 6.65. The van der Waals surface area contributed by atoms with Crippen LogP contribution in [0.3, 0.4) is 0 Å². The Hall–Kier alpha value is -1.24. The molecule has 2 N–H and O–H groups in total. The van der Waals surface area contributed by atoms with Gasteiger partial charge in [0.2, 0.25) is 5.91 Å². The molecular weight excluding hydrogens is 297 g/mol. The first-order chi connectivity index (χ1) is 9.76. The van der Waals surface area contributed by atoms with Gasteiger partial charge in [0.05, 0.1) is 7.11 Å². The van der Waals surface area contributed by atoms with Crippen LogP contribution in [0.2, 0.25) is 0 Å². The average molecular weight is 315 g/mol. The van der Waals surface area contributed by atoms with Crippen LogP contribution in [0.1, 0.15) is 20.3 Å². The van der Waals surface area contributed by atoms with Crippen LogP contribution in [0.5, 0.6) is 11.5 Å². The number of aliphatic carboxylic acids is 1. The minimum atomic E-state index is -1.20. The second-order valence-corrected chi connectivity index (χ2v) is 5.97. The Morgan fingerprint density at radius 2 is 2.05 bits per heavy atom. The van der Waals surface area contributed by atoms with E-state index in [9.17, 15) is 19.8 Å². The Balaban J connectivity index is 0.00000242. The van der Waals surface area contributed by atoms with E-state index in [1.807, 2.05) is 0 Å². The number of methoxy groups -OCH3 is 1. The Morgan fingerprint density at radius 1 is 1.41 bits per heavy atom. The fraction of sp³-hybridized carbons (Fsp3) is 0.467. The number of carbonyl (C=O) groups excluding carboxylic acids is 2. The van der Waals surface area contributed by atoms with Gasteiger partial charge in [-0.1, -0.05) is 13.8 Å². The molecular formula is C15H18NNaO5. The Kier molecular flexibility index (Phi) is 5.89. The zero-order chi connectivity index (χ0) is 15.8. The monoisotopic (exact) mass is 315 g/mol. The van der Waals surface area contributed by atoms with E-state index < -0.39 is 23.2 Å². The molecule has 1 aliphatic carbocycles. The zero-order valence-electron chi connectivity index (χ0n) is 13.2. The summed E-state index contributed by atoms with van der Waals surface area (Å²) in [7, 11) is 1.40. The van der Waals surface area contributed by atoms with Gasteiger partial charge in [0.25, 0.3) is 0 Å². The first kappa shape index (κ1) is 18.8. The molecule has 0 saturated heterocycles. The molecule has 2 rings (SSSR count). The van der Waals surface area contributed by atoms with E-state index in [1.54, 1.807) is 13.8 Å². The van der Waals surface area contributed by atoms with Gasteiger partial charge in [0.1, 0.15) is 0 Å². The molecule has 1 aliphatic rings. The predicted molar refractivity (Wildman–Crippen MR) is 73.7 cm³/mol. The Labute approximate surface area is 151 Å². The molecule has 0 spiro atoms. The summed E-state index contributed by atoms with van der Waals surface area (Å²) in [4.78, 5) is 23.3. The van der Waals surface area contributed by atoms with Gasteiger partial charge in [0, 0.05) is 29.6 Å². The van der Waals surface area contributed by atoms with Crippen molar-refractivity contribution in [2.75, 3.05) is 12.4 Å². The maximum absolute atomic E-state index is 12.2. The summed E-state index contributed by atoms with van der Waals surface area (Å²) in [5.74, 6) is -2.77. The number of rotatable bonds is 4. The molecule has 0 radical (unpaired) electrons. The van der Waals surface area contributed by atoms with E-state index in [4.69, 9.17) is 4.74 Å². The molecule has 0 heterocycles. The van der Waals surface area contributed by atoms with Crippen molar-refractivity contribution < 1.29 is 54.1 Å². The molecule has 114 valence electrons. The zero-order valence-corrected chi connectivity index (χ0v) is 15.2. The van der Waals surface area contributed by atoms with Crippen molar-refractivity contribution >= 4 is 17.6 Å². The van der Waals surface area contributed by atoms with Gasteiger partial charge in [-0.15, -0.1) is 0 Å². The van der Waals surface area contributed by atoms with Crippen LogP contribution in [-0.4, -0.2) is 24.1 Å². The van der Waals surface area contributed by atoms with Crippen molar-refractivity contribution in [1.82, 2.24) is 0 Å². The molecule has 1 aromatic carbocycles. The van der Waals surface area contributed by atoms with Crippen LogP contribution in [0, 0.1) is 17.3 Å². The van der Waals surface area contributed by atoms with Gasteiger partial charge in [-0.25, -0.2) is 0 Å². The number of phenols is 1. The van der Waals surface area contributed by atoms with E-state index >= 15 is 0 Å². The fourth-order valence-electron chi connectivity index (χ4n) is 2.91. The summed E-state index contributed by atoms with van der Waals surface area (Å²) >= 11 is 0. The SMILES string of the molecule is COc1cc(NC(=O)[C@@H]2CC(C)(C)[C@@H]2C(=O)[O-])ccc1O.[Na+]. The number of carboxylic acid groups (broad SMARTS) is 1. The number of ether oxygens (including phenoxy) is 1. The molecule has 0 unspecified atom stereocenters. The molecule has 7 heteroatoms. The van der Waals surface area contributed by atoms with Gasteiger partial charge in [-0.05, 0) is 24.0 Å². The van der Waals surface area contributed by atoms with Crippen LogP contribution >= 0.6 is 0 Å². The molecule has 0 aromatic heterocycles. The molecule has 22 heavy (non-hydrogen) atoms. The second kappa shape index (κ2) is 6.89. The molecule has 1 fully saturated rings. The van der Waals surface area contributed by atoms with E-state index in [1.165, 1.54) is 25.3 Å². The fourth-order valence-corrected chi connectivity index (χ4v) is 2.91. The van der Waals surface area contributed by atoms with Crippen molar-refractivity contribution in [1.29, 1.82) is 0 Å². The average Bonchev–Trinajstić information content (AvgIpc) is 2.37. The number of anilines is 1. The number of carbonyl (C=O) groups is 2. The number of carboxylic acids is 1. The maximum atomic E-state index is 12.2. The van der Waals surface area contributed by atoms with Crippen molar-refractivity contribution in [2.24, 2.45) is 17.3 Å². The van der Waals surface area contributed by atoms with Crippen molar-refractivity contribution in [3.8, 4) is 11.5 Å². The van der Waals surface area contributed by atoms with Crippen LogP contribution in [0.25, 0.3) is 0 Å². The van der Waals surface area contributed by atoms with Crippen LogP contribution < -0.4 is 44.7 Å². The Bertz CT molecular complexity index is 587.